The minimum absolute atomic E-state index is 0.0861. The molecule has 0 saturated carbocycles. The minimum atomic E-state index is -3.17. The van der Waals surface area contributed by atoms with Gasteiger partial charge in [0, 0.05) is 17.9 Å². The molecule has 0 atom stereocenters. The second-order valence-corrected chi connectivity index (χ2v) is 5.52. The molecule has 90 valence electrons. The average Bonchev–Trinajstić information content (AvgIpc) is 2.28. The lowest BCUT2D eigenvalue weighted by molar-refractivity contribution is 0.602. The number of rotatable bonds is 6. The number of anilines is 2. The number of benzene rings is 1. The lowest BCUT2D eigenvalue weighted by Gasteiger charge is -2.08. The first-order valence-electron chi connectivity index (χ1n) is 5.42. The third-order valence-electron chi connectivity index (χ3n) is 2.12. The molecule has 0 aliphatic heterocycles. The molecule has 5 heteroatoms. The molecule has 0 aliphatic rings. The summed E-state index contributed by atoms with van der Waals surface area (Å²) in [5, 5.41) is 3.22. The molecule has 0 unspecified atom stereocenters. The Morgan fingerprint density at radius 1 is 1.06 bits per heavy atom. The first-order valence-corrected chi connectivity index (χ1v) is 7.07. The smallest absolute Gasteiger partial charge is 0.232 e. The summed E-state index contributed by atoms with van der Waals surface area (Å²) in [6.45, 7) is 4.62. The van der Waals surface area contributed by atoms with Crippen molar-refractivity contribution in [1.29, 1.82) is 0 Å². The summed E-state index contributed by atoms with van der Waals surface area (Å²) in [4.78, 5) is 0. The van der Waals surface area contributed by atoms with Crippen molar-refractivity contribution in [2.24, 2.45) is 0 Å². The Labute approximate surface area is 97.1 Å². The van der Waals surface area contributed by atoms with Gasteiger partial charge in [-0.3, -0.25) is 4.72 Å². The fourth-order valence-electron chi connectivity index (χ4n) is 1.18. The van der Waals surface area contributed by atoms with Crippen LogP contribution < -0.4 is 10.0 Å². The van der Waals surface area contributed by atoms with Crippen LogP contribution in [0, 0.1) is 0 Å². The molecule has 0 heterocycles. The third-order valence-corrected chi connectivity index (χ3v) is 3.42. The van der Waals surface area contributed by atoms with Crippen molar-refractivity contribution in [2.75, 3.05) is 22.3 Å². The van der Waals surface area contributed by atoms with Gasteiger partial charge in [0.05, 0.1) is 5.75 Å². The van der Waals surface area contributed by atoms with E-state index in [1.54, 1.807) is 19.1 Å². The zero-order chi connectivity index (χ0) is 12.0. The second-order valence-electron chi connectivity index (χ2n) is 3.51. The van der Waals surface area contributed by atoms with Crippen LogP contribution in [-0.2, 0) is 10.0 Å². The van der Waals surface area contributed by atoms with Gasteiger partial charge in [0.1, 0.15) is 0 Å². The Kier molecular flexibility index (Phi) is 4.61. The number of hydrogen-bond acceptors (Lipinski definition) is 3. The highest BCUT2D eigenvalue weighted by molar-refractivity contribution is 7.92. The van der Waals surface area contributed by atoms with Crippen LogP contribution in [0.3, 0.4) is 0 Å². The van der Waals surface area contributed by atoms with E-state index < -0.39 is 10.0 Å². The largest absolute Gasteiger partial charge is 0.385 e. The molecule has 0 spiro atoms. The van der Waals surface area contributed by atoms with Gasteiger partial charge in [0.2, 0.25) is 10.0 Å². The fraction of sp³-hybridized carbons (Fsp3) is 0.455. The Morgan fingerprint density at radius 2 is 1.62 bits per heavy atom. The average molecular weight is 242 g/mol. The van der Waals surface area contributed by atoms with Crippen LogP contribution in [0.25, 0.3) is 0 Å². The zero-order valence-corrected chi connectivity index (χ0v) is 10.5. The van der Waals surface area contributed by atoms with Crippen LogP contribution in [0.5, 0.6) is 0 Å². The lowest BCUT2D eigenvalue weighted by Crippen LogP contribution is -2.14. The predicted molar refractivity (Wildman–Crippen MR) is 68.3 cm³/mol. The Bertz CT molecular complexity index is 412. The van der Waals surface area contributed by atoms with E-state index in [2.05, 4.69) is 17.0 Å². The normalized spacial score (nSPS) is 11.1. The van der Waals surface area contributed by atoms with E-state index in [9.17, 15) is 8.42 Å². The highest BCUT2D eigenvalue weighted by Gasteiger charge is 2.05. The number of hydrogen-bond donors (Lipinski definition) is 2. The molecule has 2 N–H and O–H groups in total. The molecular formula is C11H18N2O2S. The van der Waals surface area contributed by atoms with Crippen LogP contribution >= 0.6 is 0 Å². The summed E-state index contributed by atoms with van der Waals surface area (Å²) < 4.78 is 25.1. The van der Waals surface area contributed by atoms with E-state index >= 15 is 0 Å². The van der Waals surface area contributed by atoms with Gasteiger partial charge in [-0.2, -0.15) is 0 Å². The zero-order valence-electron chi connectivity index (χ0n) is 9.66. The van der Waals surface area contributed by atoms with Gasteiger partial charge in [-0.25, -0.2) is 8.42 Å². The standard InChI is InChI=1S/C11H18N2O2S/c1-3-9-12-10-5-7-11(8-6-10)13-16(14,15)4-2/h5-8,12-13H,3-4,9H2,1-2H3. The molecule has 0 amide bonds. The van der Waals surface area contributed by atoms with Crippen molar-refractivity contribution in [3.63, 3.8) is 0 Å². The van der Waals surface area contributed by atoms with Crippen molar-refractivity contribution in [3.8, 4) is 0 Å². The van der Waals surface area contributed by atoms with E-state index in [-0.39, 0.29) is 5.75 Å². The topological polar surface area (TPSA) is 58.2 Å². The molecule has 0 radical (unpaired) electrons. The van der Waals surface area contributed by atoms with Gasteiger partial charge in [0.25, 0.3) is 0 Å². The maximum Gasteiger partial charge on any atom is 0.232 e. The minimum Gasteiger partial charge on any atom is -0.385 e. The van der Waals surface area contributed by atoms with Crippen molar-refractivity contribution in [1.82, 2.24) is 0 Å². The summed E-state index contributed by atoms with van der Waals surface area (Å²) >= 11 is 0. The lowest BCUT2D eigenvalue weighted by atomic mass is 10.3. The van der Waals surface area contributed by atoms with Gasteiger partial charge in [-0.15, -0.1) is 0 Å². The second kappa shape index (κ2) is 5.75. The Morgan fingerprint density at radius 3 is 2.12 bits per heavy atom. The summed E-state index contributed by atoms with van der Waals surface area (Å²) in [7, 11) is -3.17. The van der Waals surface area contributed by atoms with Crippen LogP contribution in [0.15, 0.2) is 24.3 Å². The van der Waals surface area contributed by atoms with Crippen LogP contribution in [-0.4, -0.2) is 20.7 Å². The molecule has 0 aromatic heterocycles. The maximum absolute atomic E-state index is 11.3. The molecule has 0 saturated heterocycles. The van der Waals surface area contributed by atoms with Gasteiger partial charge in [-0.05, 0) is 37.6 Å². The highest BCUT2D eigenvalue weighted by Crippen LogP contribution is 2.14. The molecule has 1 rings (SSSR count). The summed E-state index contributed by atoms with van der Waals surface area (Å²) in [6, 6.07) is 7.24. The number of sulfonamides is 1. The van der Waals surface area contributed by atoms with E-state index in [1.165, 1.54) is 0 Å². The van der Waals surface area contributed by atoms with E-state index in [4.69, 9.17) is 0 Å². The summed E-state index contributed by atoms with van der Waals surface area (Å²) in [5.41, 5.74) is 1.60. The number of nitrogens with one attached hydrogen (secondary N) is 2. The van der Waals surface area contributed by atoms with Crippen molar-refractivity contribution in [2.45, 2.75) is 20.3 Å². The van der Waals surface area contributed by atoms with Crippen molar-refractivity contribution in [3.05, 3.63) is 24.3 Å². The molecule has 1 aromatic rings. The third kappa shape index (κ3) is 4.10. The van der Waals surface area contributed by atoms with Crippen molar-refractivity contribution >= 4 is 21.4 Å². The van der Waals surface area contributed by atoms with Gasteiger partial charge in [0.15, 0.2) is 0 Å². The Balaban J connectivity index is 2.65. The van der Waals surface area contributed by atoms with E-state index in [0.29, 0.717) is 5.69 Å². The fourth-order valence-corrected chi connectivity index (χ4v) is 1.82. The van der Waals surface area contributed by atoms with Gasteiger partial charge < -0.3 is 5.32 Å². The molecular weight excluding hydrogens is 224 g/mol. The van der Waals surface area contributed by atoms with Crippen LogP contribution in [0.4, 0.5) is 11.4 Å². The predicted octanol–water partition coefficient (Wildman–Crippen LogP) is 2.27. The Hall–Kier alpha value is -1.23. The summed E-state index contributed by atoms with van der Waals surface area (Å²) in [5.74, 6) is 0.0861. The monoisotopic (exact) mass is 242 g/mol. The van der Waals surface area contributed by atoms with E-state index in [1.807, 2.05) is 12.1 Å². The first kappa shape index (κ1) is 12.8. The molecule has 0 aliphatic carbocycles. The molecule has 16 heavy (non-hydrogen) atoms. The molecule has 0 fully saturated rings. The SMILES string of the molecule is CCCNc1ccc(NS(=O)(=O)CC)cc1. The molecule has 1 aromatic carbocycles. The van der Waals surface area contributed by atoms with Crippen molar-refractivity contribution < 1.29 is 8.42 Å². The highest BCUT2D eigenvalue weighted by atomic mass is 32.2. The first-order chi connectivity index (χ1) is 7.57. The quantitative estimate of drug-likeness (QED) is 0.804. The molecule has 0 bridgehead atoms. The summed E-state index contributed by atoms with van der Waals surface area (Å²) in [6.07, 6.45) is 1.06. The van der Waals surface area contributed by atoms with E-state index in [0.717, 1.165) is 18.7 Å². The molecule has 4 nitrogen and oxygen atoms in total. The van der Waals surface area contributed by atoms with Gasteiger partial charge >= 0.3 is 0 Å². The van der Waals surface area contributed by atoms with Crippen LogP contribution in [0.2, 0.25) is 0 Å². The van der Waals surface area contributed by atoms with Gasteiger partial charge in [-0.1, -0.05) is 6.92 Å². The van der Waals surface area contributed by atoms with Crippen LogP contribution in [0.1, 0.15) is 20.3 Å². The maximum atomic E-state index is 11.3.